The molecule has 128 valence electrons. The van der Waals surface area contributed by atoms with Crippen LogP contribution in [0.1, 0.15) is 5.56 Å². The topological polar surface area (TPSA) is 71.7 Å². The van der Waals surface area contributed by atoms with Crippen molar-refractivity contribution >= 4 is 22.6 Å². The third-order valence-corrected chi connectivity index (χ3v) is 4.37. The van der Waals surface area contributed by atoms with Crippen LogP contribution in [0.25, 0.3) is 11.0 Å². The lowest BCUT2D eigenvalue weighted by atomic mass is 10.1. The highest BCUT2D eigenvalue weighted by Gasteiger charge is 2.30. The van der Waals surface area contributed by atoms with Gasteiger partial charge in [-0.1, -0.05) is 18.2 Å². The van der Waals surface area contributed by atoms with Crippen molar-refractivity contribution in [2.45, 2.75) is 12.6 Å². The van der Waals surface area contributed by atoms with Crippen LogP contribution >= 0.6 is 0 Å². The molecule has 7 nitrogen and oxygen atoms in total. The highest BCUT2D eigenvalue weighted by atomic mass is 16.6. The average molecular weight is 338 g/mol. The average Bonchev–Trinajstić information content (AvgIpc) is 3.08. The Kier molecular flexibility index (Phi) is 3.76. The molecule has 0 spiro atoms. The van der Waals surface area contributed by atoms with E-state index in [2.05, 4.69) is 10.3 Å². The molecule has 1 aliphatic rings. The van der Waals surface area contributed by atoms with Gasteiger partial charge in [-0.15, -0.1) is 0 Å². The number of benzene rings is 2. The first-order valence-corrected chi connectivity index (χ1v) is 8.05. The molecule has 0 N–H and O–H groups in total. The van der Waals surface area contributed by atoms with Crippen LogP contribution < -0.4 is 9.64 Å². The van der Waals surface area contributed by atoms with Crippen molar-refractivity contribution < 1.29 is 14.2 Å². The summed E-state index contributed by atoms with van der Waals surface area (Å²) in [5.74, 6) is 0.679. The maximum Gasteiger partial charge on any atom is 0.265 e. The van der Waals surface area contributed by atoms with E-state index < -0.39 is 6.10 Å². The molecule has 7 heteroatoms. The molecule has 0 radical (unpaired) electrons. The minimum absolute atomic E-state index is 0.0558. The number of hydrogen-bond acceptors (Lipinski definition) is 6. The smallest absolute Gasteiger partial charge is 0.265 e. The molecule has 0 aliphatic carbocycles. The molecule has 0 bridgehead atoms. The van der Waals surface area contributed by atoms with Crippen LogP contribution in [-0.2, 0) is 11.3 Å². The minimum Gasteiger partial charge on any atom is -0.477 e. The summed E-state index contributed by atoms with van der Waals surface area (Å²) >= 11 is 0. The Morgan fingerprint density at radius 2 is 2.04 bits per heavy atom. The maximum atomic E-state index is 12.8. The SMILES string of the molecule is CN(Cc1ccc2nonc2c1)C(=O)C1CN(C)c2ccccc2O1. The van der Waals surface area contributed by atoms with Crippen molar-refractivity contribution in [3.63, 3.8) is 0 Å². The molecule has 2 aromatic carbocycles. The Morgan fingerprint density at radius 1 is 1.24 bits per heavy atom. The molecule has 2 heterocycles. The third-order valence-electron chi connectivity index (χ3n) is 4.37. The third kappa shape index (κ3) is 2.88. The van der Waals surface area contributed by atoms with Crippen LogP contribution in [-0.4, -0.2) is 47.9 Å². The minimum atomic E-state index is -0.526. The van der Waals surface area contributed by atoms with Crippen LogP contribution in [0.4, 0.5) is 5.69 Å². The summed E-state index contributed by atoms with van der Waals surface area (Å²) in [6, 6.07) is 13.4. The van der Waals surface area contributed by atoms with Gasteiger partial charge in [0.25, 0.3) is 5.91 Å². The number of rotatable bonds is 3. The number of anilines is 1. The largest absolute Gasteiger partial charge is 0.477 e. The second-order valence-corrected chi connectivity index (χ2v) is 6.24. The predicted molar refractivity (Wildman–Crippen MR) is 92.4 cm³/mol. The second kappa shape index (κ2) is 6.08. The number of amides is 1. The zero-order chi connectivity index (χ0) is 17.4. The van der Waals surface area contributed by atoms with Gasteiger partial charge in [0.2, 0.25) is 0 Å². The molecule has 1 unspecified atom stereocenters. The Bertz CT molecular complexity index is 923. The Hall–Kier alpha value is -3.09. The van der Waals surface area contributed by atoms with E-state index in [0.717, 1.165) is 17.0 Å². The first-order chi connectivity index (χ1) is 12.1. The number of fused-ring (bicyclic) bond motifs is 2. The lowest BCUT2D eigenvalue weighted by molar-refractivity contribution is -0.137. The zero-order valence-electron chi connectivity index (χ0n) is 14.0. The van der Waals surface area contributed by atoms with Crippen molar-refractivity contribution in [2.24, 2.45) is 0 Å². The summed E-state index contributed by atoms with van der Waals surface area (Å²) in [5, 5.41) is 7.62. The molecule has 1 aromatic heterocycles. The molecule has 0 saturated carbocycles. The normalized spacial score (nSPS) is 16.4. The fourth-order valence-corrected chi connectivity index (χ4v) is 3.06. The summed E-state index contributed by atoms with van der Waals surface area (Å²) in [5.41, 5.74) is 3.34. The quantitative estimate of drug-likeness (QED) is 0.728. The van der Waals surface area contributed by atoms with E-state index >= 15 is 0 Å². The monoisotopic (exact) mass is 338 g/mol. The van der Waals surface area contributed by atoms with Crippen molar-refractivity contribution in [1.82, 2.24) is 15.2 Å². The van der Waals surface area contributed by atoms with Gasteiger partial charge in [0.1, 0.15) is 16.8 Å². The molecule has 25 heavy (non-hydrogen) atoms. The van der Waals surface area contributed by atoms with Gasteiger partial charge in [0.05, 0.1) is 12.2 Å². The van der Waals surface area contributed by atoms with E-state index in [0.29, 0.717) is 24.1 Å². The van der Waals surface area contributed by atoms with Crippen molar-refractivity contribution in [1.29, 1.82) is 0 Å². The number of carbonyl (C=O) groups excluding carboxylic acids is 1. The molecular weight excluding hydrogens is 320 g/mol. The first kappa shape index (κ1) is 15.4. The number of hydrogen-bond donors (Lipinski definition) is 0. The molecule has 3 aromatic rings. The summed E-state index contributed by atoms with van der Waals surface area (Å²) < 4.78 is 10.6. The standard InChI is InChI=1S/C18H18N4O3/c1-21-11-17(24-16-6-4-3-5-15(16)21)18(23)22(2)10-12-7-8-13-14(9-12)20-25-19-13/h3-9,17H,10-11H2,1-2H3. The number of ether oxygens (including phenoxy) is 1. The Morgan fingerprint density at radius 3 is 2.92 bits per heavy atom. The van der Waals surface area contributed by atoms with Crippen LogP contribution in [0, 0.1) is 0 Å². The zero-order valence-corrected chi connectivity index (χ0v) is 14.0. The van der Waals surface area contributed by atoms with E-state index in [1.807, 2.05) is 54.4 Å². The molecule has 0 saturated heterocycles. The highest BCUT2D eigenvalue weighted by molar-refractivity contribution is 5.83. The van der Waals surface area contributed by atoms with Crippen molar-refractivity contribution in [3.05, 3.63) is 48.0 Å². The van der Waals surface area contributed by atoms with E-state index in [4.69, 9.17) is 9.37 Å². The van der Waals surface area contributed by atoms with Crippen LogP contribution in [0.2, 0.25) is 0 Å². The molecular formula is C18H18N4O3. The summed E-state index contributed by atoms with van der Waals surface area (Å²) in [7, 11) is 3.74. The van der Waals surface area contributed by atoms with E-state index in [9.17, 15) is 4.79 Å². The molecule has 0 fully saturated rings. The lowest BCUT2D eigenvalue weighted by Gasteiger charge is -2.34. The number of carbonyl (C=O) groups is 1. The van der Waals surface area contributed by atoms with E-state index in [1.54, 1.807) is 11.9 Å². The maximum absolute atomic E-state index is 12.8. The van der Waals surface area contributed by atoms with Gasteiger partial charge in [-0.2, -0.15) is 0 Å². The van der Waals surface area contributed by atoms with Gasteiger partial charge in [0.15, 0.2) is 6.10 Å². The highest BCUT2D eigenvalue weighted by Crippen LogP contribution is 2.32. The summed E-state index contributed by atoms with van der Waals surface area (Å²) in [4.78, 5) is 16.5. The first-order valence-electron chi connectivity index (χ1n) is 8.05. The number of para-hydroxylation sites is 2. The molecule has 1 aliphatic heterocycles. The summed E-state index contributed by atoms with van der Waals surface area (Å²) in [6.45, 7) is 0.985. The second-order valence-electron chi connectivity index (χ2n) is 6.24. The van der Waals surface area contributed by atoms with Crippen LogP contribution in [0.3, 0.4) is 0 Å². The van der Waals surface area contributed by atoms with Gasteiger partial charge in [-0.05, 0) is 40.1 Å². The van der Waals surface area contributed by atoms with Gasteiger partial charge in [-0.25, -0.2) is 4.63 Å². The van der Waals surface area contributed by atoms with Gasteiger partial charge >= 0.3 is 0 Å². The lowest BCUT2D eigenvalue weighted by Crippen LogP contribution is -2.48. The fourth-order valence-electron chi connectivity index (χ4n) is 3.06. The van der Waals surface area contributed by atoms with Crippen molar-refractivity contribution in [2.75, 3.05) is 25.5 Å². The number of aromatic nitrogens is 2. The van der Waals surface area contributed by atoms with Gasteiger partial charge < -0.3 is 14.5 Å². The summed E-state index contributed by atoms with van der Waals surface area (Å²) in [6.07, 6.45) is -0.526. The van der Waals surface area contributed by atoms with E-state index in [-0.39, 0.29) is 5.91 Å². The van der Waals surface area contributed by atoms with Crippen molar-refractivity contribution in [3.8, 4) is 5.75 Å². The number of likely N-dealkylation sites (N-methyl/N-ethyl adjacent to an activating group) is 2. The molecule has 1 atom stereocenters. The number of nitrogens with zero attached hydrogens (tertiary/aromatic N) is 4. The van der Waals surface area contributed by atoms with E-state index in [1.165, 1.54) is 0 Å². The Labute approximate surface area is 144 Å². The molecule has 4 rings (SSSR count). The van der Waals surface area contributed by atoms with Crippen LogP contribution in [0.5, 0.6) is 5.75 Å². The van der Waals surface area contributed by atoms with Gasteiger partial charge in [0, 0.05) is 20.6 Å². The predicted octanol–water partition coefficient (Wildman–Crippen LogP) is 2.08. The Balaban J connectivity index is 1.48. The fraction of sp³-hybridized carbons (Fsp3) is 0.278. The van der Waals surface area contributed by atoms with Gasteiger partial charge in [-0.3, -0.25) is 4.79 Å². The molecule has 1 amide bonds. The van der Waals surface area contributed by atoms with Crippen LogP contribution in [0.15, 0.2) is 47.1 Å².